The van der Waals surface area contributed by atoms with E-state index < -0.39 is 23.4 Å². The van der Waals surface area contributed by atoms with Crippen LogP contribution in [0, 0.1) is 5.41 Å². The van der Waals surface area contributed by atoms with Crippen molar-refractivity contribution in [1.29, 1.82) is 0 Å². The summed E-state index contributed by atoms with van der Waals surface area (Å²) in [5.74, 6) is -1.76. The van der Waals surface area contributed by atoms with Crippen LogP contribution in [0.5, 0.6) is 0 Å². The van der Waals surface area contributed by atoms with Gasteiger partial charge in [0.15, 0.2) is 0 Å². The first-order chi connectivity index (χ1) is 8.75. The second kappa shape index (κ2) is 6.34. The summed E-state index contributed by atoms with van der Waals surface area (Å²) in [6.45, 7) is 5.01. The first-order valence-corrected chi connectivity index (χ1v) is 6.59. The van der Waals surface area contributed by atoms with Gasteiger partial charge in [-0.15, -0.1) is 0 Å². The molecule has 0 spiro atoms. The summed E-state index contributed by atoms with van der Waals surface area (Å²) in [5, 5.41) is 21.7. The zero-order valence-electron chi connectivity index (χ0n) is 11.7. The van der Waals surface area contributed by atoms with Gasteiger partial charge in [-0.05, 0) is 33.6 Å². The summed E-state index contributed by atoms with van der Waals surface area (Å²) in [4.78, 5) is 23.3. The average molecular weight is 273 g/mol. The first-order valence-electron chi connectivity index (χ1n) is 6.59. The maximum absolute atomic E-state index is 12.0. The van der Waals surface area contributed by atoms with Crippen LogP contribution in [0.4, 0.5) is 0 Å². The van der Waals surface area contributed by atoms with E-state index in [1.165, 1.54) is 6.92 Å². The fraction of sp³-hybridized carbons (Fsp3) is 0.846. The van der Waals surface area contributed by atoms with Crippen molar-refractivity contribution in [3.05, 3.63) is 0 Å². The van der Waals surface area contributed by atoms with Crippen LogP contribution in [-0.2, 0) is 14.3 Å². The molecule has 3 N–H and O–H groups in total. The van der Waals surface area contributed by atoms with Gasteiger partial charge >= 0.3 is 5.97 Å². The molecule has 6 heteroatoms. The molecule has 0 aromatic heterocycles. The molecule has 19 heavy (non-hydrogen) atoms. The Morgan fingerprint density at radius 2 is 2.00 bits per heavy atom. The number of carboxylic acids is 1. The van der Waals surface area contributed by atoms with Crippen molar-refractivity contribution >= 4 is 11.9 Å². The number of hydrogen-bond acceptors (Lipinski definition) is 4. The van der Waals surface area contributed by atoms with Gasteiger partial charge in [0.1, 0.15) is 5.41 Å². The molecule has 0 aliphatic heterocycles. The van der Waals surface area contributed by atoms with E-state index in [0.29, 0.717) is 0 Å². The second-order valence-electron chi connectivity index (χ2n) is 5.63. The zero-order chi connectivity index (χ0) is 14.6. The fourth-order valence-corrected chi connectivity index (χ4v) is 1.68. The van der Waals surface area contributed by atoms with Crippen LogP contribution in [0.2, 0.25) is 0 Å². The minimum Gasteiger partial charge on any atom is -0.480 e. The number of rotatable bonds is 8. The molecule has 110 valence electrons. The number of aliphatic hydroxyl groups is 1. The van der Waals surface area contributed by atoms with Gasteiger partial charge in [0.25, 0.3) is 0 Å². The monoisotopic (exact) mass is 273 g/mol. The molecule has 0 bridgehead atoms. The van der Waals surface area contributed by atoms with Gasteiger partial charge < -0.3 is 20.3 Å². The number of nitrogens with one attached hydrogen (secondary N) is 1. The average Bonchev–Trinajstić information content (AvgIpc) is 3.09. The van der Waals surface area contributed by atoms with Crippen molar-refractivity contribution in [3.63, 3.8) is 0 Å². The molecule has 1 aliphatic rings. The lowest BCUT2D eigenvalue weighted by molar-refractivity contribution is -0.157. The molecule has 0 saturated heterocycles. The van der Waals surface area contributed by atoms with Crippen LogP contribution in [0.15, 0.2) is 0 Å². The Balaban J connectivity index is 2.58. The number of amides is 1. The smallest absolute Gasteiger partial charge is 0.319 e. The number of hydrogen-bond donors (Lipinski definition) is 3. The van der Waals surface area contributed by atoms with Crippen LogP contribution in [0.3, 0.4) is 0 Å². The summed E-state index contributed by atoms with van der Waals surface area (Å²) >= 11 is 0. The van der Waals surface area contributed by atoms with Crippen LogP contribution in [0.1, 0.15) is 40.0 Å². The van der Waals surface area contributed by atoms with Gasteiger partial charge in [-0.2, -0.15) is 0 Å². The third-order valence-electron chi connectivity index (χ3n) is 3.15. The van der Waals surface area contributed by atoms with Crippen molar-refractivity contribution in [1.82, 2.24) is 5.32 Å². The van der Waals surface area contributed by atoms with Crippen molar-refractivity contribution in [2.75, 3.05) is 6.61 Å². The molecule has 1 fully saturated rings. The maximum atomic E-state index is 12.0. The van der Waals surface area contributed by atoms with Crippen molar-refractivity contribution < 1.29 is 24.5 Å². The minimum atomic E-state index is -1.62. The van der Waals surface area contributed by atoms with Gasteiger partial charge in [0.05, 0.1) is 18.8 Å². The van der Waals surface area contributed by atoms with Gasteiger partial charge in [-0.1, -0.05) is 0 Å². The molecule has 0 radical (unpaired) electrons. The Labute approximate surface area is 113 Å². The van der Waals surface area contributed by atoms with Gasteiger partial charge in [-0.25, -0.2) is 0 Å². The number of aliphatic carboxylic acids is 1. The molecular formula is C13H23NO5. The van der Waals surface area contributed by atoms with Crippen LogP contribution in [0.25, 0.3) is 0 Å². The molecule has 2 atom stereocenters. The van der Waals surface area contributed by atoms with E-state index in [0.717, 1.165) is 12.8 Å². The Kier molecular flexibility index (Phi) is 5.31. The molecular weight excluding hydrogens is 250 g/mol. The van der Waals surface area contributed by atoms with Gasteiger partial charge in [-0.3, -0.25) is 9.59 Å². The van der Waals surface area contributed by atoms with E-state index in [1.807, 2.05) is 13.8 Å². The highest BCUT2D eigenvalue weighted by Crippen LogP contribution is 2.27. The van der Waals surface area contributed by atoms with E-state index in [4.69, 9.17) is 4.74 Å². The van der Waals surface area contributed by atoms with E-state index >= 15 is 0 Å². The standard InChI is InChI=1S/C13H23NO5/c1-8(2)19-7-10(15)6-13(3,12(17)18)11(16)14-9-4-5-9/h8-10,15H,4-7H2,1-3H3,(H,14,16)(H,17,18). The van der Waals surface area contributed by atoms with Gasteiger partial charge in [0.2, 0.25) is 5.91 Å². The summed E-state index contributed by atoms with van der Waals surface area (Å²) in [6.07, 6.45) is 0.591. The highest BCUT2D eigenvalue weighted by Gasteiger charge is 2.44. The highest BCUT2D eigenvalue weighted by molar-refractivity contribution is 6.01. The number of carboxylic acid groups (broad SMARTS) is 1. The Hall–Kier alpha value is -1.14. The number of carbonyl (C=O) groups is 2. The molecule has 1 rings (SSSR count). The van der Waals surface area contributed by atoms with Crippen molar-refractivity contribution in [2.45, 2.75) is 58.3 Å². The molecule has 2 unspecified atom stereocenters. The number of aliphatic hydroxyl groups excluding tert-OH is 1. The summed E-state index contributed by atoms with van der Waals surface area (Å²) in [6, 6.07) is 0.0928. The van der Waals surface area contributed by atoms with Crippen LogP contribution in [-0.4, -0.2) is 46.9 Å². The third kappa shape index (κ3) is 4.80. The molecule has 1 aliphatic carbocycles. The van der Waals surface area contributed by atoms with E-state index in [1.54, 1.807) is 0 Å². The molecule has 1 saturated carbocycles. The number of ether oxygens (including phenoxy) is 1. The molecule has 0 aromatic rings. The summed E-state index contributed by atoms with van der Waals surface area (Å²) < 4.78 is 5.23. The fourth-order valence-electron chi connectivity index (χ4n) is 1.68. The summed E-state index contributed by atoms with van der Waals surface area (Å²) in [7, 11) is 0. The Morgan fingerprint density at radius 1 is 1.42 bits per heavy atom. The molecule has 0 aromatic carbocycles. The van der Waals surface area contributed by atoms with Crippen LogP contribution >= 0.6 is 0 Å². The topological polar surface area (TPSA) is 95.9 Å². The highest BCUT2D eigenvalue weighted by atomic mass is 16.5. The van der Waals surface area contributed by atoms with Gasteiger partial charge in [0, 0.05) is 12.5 Å². The van der Waals surface area contributed by atoms with E-state index in [9.17, 15) is 19.8 Å². The Bertz CT molecular complexity index is 340. The lowest BCUT2D eigenvalue weighted by atomic mass is 9.83. The molecule has 6 nitrogen and oxygen atoms in total. The third-order valence-corrected chi connectivity index (χ3v) is 3.15. The first kappa shape index (κ1) is 15.9. The molecule has 1 amide bonds. The SMILES string of the molecule is CC(C)OCC(O)CC(C)(C(=O)O)C(=O)NC1CC1. The maximum Gasteiger partial charge on any atom is 0.319 e. The summed E-state index contributed by atoms with van der Waals surface area (Å²) in [5.41, 5.74) is -1.62. The van der Waals surface area contributed by atoms with Crippen molar-refractivity contribution in [2.24, 2.45) is 5.41 Å². The lowest BCUT2D eigenvalue weighted by Crippen LogP contribution is -2.47. The second-order valence-corrected chi connectivity index (χ2v) is 5.63. The predicted molar refractivity (Wildman–Crippen MR) is 68.6 cm³/mol. The molecule has 0 heterocycles. The minimum absolute atomic E-state index is 0.0250. The normalized spacial score (nSPS) is 19.8. The van der Waals surface area contributed by atoms with E-state index in [2.05, 4.69) is 5.32 Å². The number of carbonyl (C=O) groups excluding carboxylic acids is 1. The van der Waals surface area contributed by atoms with Crippen molar-refractivity contribution in [3.8, 4) is 0 Å². The Morgan fingerprint density at radius 3 is 2.42 bits per heavy atom. The lowest BCUT2D eigenvalue weighted by Gasteiger charge is -2.26. The quantitative estimate of drug-likeness (QED) is 0.561. The predicted octanol–water partition coefficient (Wildman–Crippen LogP) is 0.532. The van der Waals surface area contributed by atoms with E-state index in [-0.39, 0.29) is 25.2 Å². The van der Waals surface area contributed by atoms with Crippen LogP contribution < -0.4 is 5.32 Å². The largest absolute Gasteiger partial charge is 0.480 e. The zero-order valence-corrected chi connectivity index (χ0v) is 11.7.